The van der Waals surface area contributed by atoms with Crippen LogP contribution >= 0.6 is 0 Å². The molecule has 1 saturated carbocycles. The van der Waals surface area contributed by atoms with Gasteiger partial charge in [-0.25, -0.2) is 5.01 Å². The van der Waals surface area contributed by atoms with Crippen LogP contribution in [0.1, 0.15) is 141 Å². The fraction of sp³-hybridized carbons (Fsp3) is 0.622. The Morgan fingerprint density at radius 1 is 0.886 bits per heavy atom. The maximum Gasteiger partial charge on any atom is 0.494 e. The van der Waals surface area contributed by atoms with Crippen molar-refractivity contribution in [2.24, 2.45) is 16.2 Å². The first-order valence-electron chi connectivity index (χ1n) is 16.4. The second-order valence-electron chi connectivity index (χ2n) is 16.5. The maximum atomic E-state index is 14.4. The third kappa shape index (κ3) is 6.79. The smallest absolute Gasteiger partial charge is 0.399 e. The van der Waals surface area contributed by atoms with Gasteiger partial charge in [-0.2, -0.15) is 0 Å². The summed E-state index contributed by atoms with van der Waals surface area (Å²) in [6.07, 6.45) is 3.80. The normalized spacial score (nSPS) is 21.2. The lowest BCUT2D eigenvalue weighted by molar-refractivity contribution is 0.00578. The number of carbonyl (C=O) groups excluding carboxylic acids is 2. The Labute approximate surface area is 266 Å². The maximum absolute atomic E-state index is 14.4. The molecule has 1 N–H and O–H groups in total. The van der Waals surface area contributed by atoms with Crippen molar-refractivity contribution in [1.82, 2.24) is 10.4 Å². The molecule has 1 saturated heterocycles. The number of hydrogen-bond donors (Lipinski definition) is 1. The average Bonchev–Trinajstić information content (AvgIpc) is 3.29. The van der Waals surface area contributed by atoms with E-state index in [1.807, 2.05) is 58.0 Å². The van der Waals surface area contributed by atoms with E-state index < -0.39 is 18.3 Å². The zero-order chi connectivity index (χ0) is 32.9. The van der Waals surface area contributed by atoms with Crippen molar-refractivity contribution in [3.05, 3.63) is 65.2 Å². The van der Waals surface area contributed by atoms with Crippen molar-refractivity contribution in [2.45, 2.75) is 132 Å². The van der Waals surface area contributed by atoms with Crippen molar-refractivity contribution < 1.29 is 18.9 Å². The van der Waals surface area contributed by atoms with Gasteiger partial charge >= 0.3 is 7.12 Å². The monoisotopic (exact) mass is 602 g/mol. The van der Waals surface area contributed by atoms with Gasteiger partial charge in [-0.05, 0) is 104 Å². The summed E-state index contributed by atoms with van der Waals surface area (Å²) in [7, 11) is -0.582. The van der Waals surface area contributed by atoms with Gasteiger partial charge in [0.05, 0.1) is 17.2 Å². The van der Waals surface area contributed by atoms with Gasteiger partial charge < -0.3 is 9.31 Å². The van der Waals surface area contributed by atoms with Crippen LogP contribution in [0.5, 0.6) is 0 Å². The lowest BCUT2D eigenvalue weighted by Crippen LogP contribution is -2.56. The largest absolute Gasteiger partial charge is 0.494 e. The van der Waals surface area contributed by atoms with Gasteiger partial charge in [0.2, 0.25) is 0 Å². The predicted molar refractivity (Wildman–Crippen MR) is 180 cm³/mol. The van der Waals surface area contributed by atoms with Gasteiger partial charge in [-0.15, -0.1) is 0 Å². The molecule has 0 radical (unpaired) electrons. The molecule has 0 bridgehead atoms. The van der Waals surface area contributed by atoms with E-state index in [0.717, 1.165) is 31.1 Å². The number of carbonyl (C=O) groups is 2. The summed E-state index contributed by atoms with van der Waals surface area (Å²) in [4.78, 5) is 28.3. The molecule has 2 fully saturated rings. The molecule has 240 valence electrons. The number of nitrogens with one attached hydrogen (secondary N) is 1. The van der Waals surface area contributed by atoms with Crippen LogP contribution in [-0.2, 0) is 9.31 Å². The second-order valence-corrected chi connectivity index (χ2v) is 16.5. The Bertz CT molecular complexity index is 1340. The summed E-state index contributed by atoms with van der Waals surface area (Å²) in [6.45, 7) is 25.9. The summed E-state index contributed by atoms with van der Waals surface area (Å²) in [6, 6.07) is 15.2. The highest BCUT2D eigenvalue weighted by atomic mass is 16.7. The summed E-state index contributed by atoms with van der Waals surface area (Å²) in [5, 5.41) is 1.59. The number of hydrazine groups is 1. The fourth-order valence-corrected chi connectivity index (χ4v) is 6.63. The van der Waals surface area contributed by atoms with Crippen LogP contribution in [0.3, 0.4) is 0 Å². The molecular weight excluding hydrogens is 547 g/mol. The molecule has 2 aromatic rings. The van der Waals surface area contributed by atoms with E-state index in [9.17, 15) is 9.59 Å². The number of amides is 2. The molecule has 2 amide bonds. The van der Waals surface area contributed by atoms with E-state index >= 15 is 0 Å². The van der Waals surface area contributed by atoms with Crippen LogP contribution in [0.15, 0.2) is 48.5 Å². The van der Waals surface area contributed by atoms with Gasteiger partial charge in [0.25, 0.3) is 11.8 Å². The van der Waals surface area contributed by atoms with E-state index in [4.69, 9.17) is 9.31 Å². The zero-order valence-corrected chi connectivity index (χ0v) is 29.3. The van der Waals surface area contributed by atoms with Crippen molar-refractivity contribution in [3.63, 3.8) is 0 Å². The minimum Gasteiger partial charge on any atom is -0.399 e. The lowest BCUT2D eigenvalue weighted by atomic mass is 9.71. The molecule has 0 spiro atoms. The standard InChI is InChI=1S/C37H55BN2O4/c1-13-16-30(33(2,3)4)40(32(42)27-19-14-17-25(21-27)28-23-34(5,6)35(7,8)24-28)39-31(41)26-18-15-20-29(22-26)38-43-36(9,10)37(11,12)44-38/h14-15,17-22,28,30H,13,16,23-24H2,1-12H3,(H,39,41). The third-order valence-electron chi connectivity index (χ3n) is 10.9. The SMILES string of the molecule is CCCC(N(NC(=O)c1cccc(B2OC(C)(C)C(C)(C)O2)c1)C(=O)c1cccc(C2CC(C)(C)C(C)(C)C2)c1)C(C)(C)C. The molecule has 2 aromatic carbocycles. The highest BCUT2D eigenvalue weighted by Crippen LogP contribution is 2.57. The van der Waals surface area contributed by atoms with Crippen LogP contribution in [0.25, 0.3) is 0 Å². The highest BCUT2D eigenvalue weighted by Gasteiger charge is 2.52. The Morgan fingerprint density at radius 2 is 1.43 bits per heavy atom. The number of nitrogens with zero attached hydrogens (tertiary/aromatic N) is 1. The van der Waals surface area contributed by atoms with Crippen LogP contribution in [0, 0.1) is 16.2 Å². The highest BCUT2D eigenvalue weighted by molar-refractivity contribution is 6.62. The molecule has 1 aliphatic carbocycles. The first-order chi connectivity index (χ1) is 20.2. The Hall–Kier alpha value is -2.64. The summed E-state index contributed by atoms with van der Waals surface area (Å²) in [5.41, 5.74) is 5.25. The first-order valence-corrected chi connectivity index (χ1v) is 16.4. The minimum atomic E-state index is -0.582. The van der Waals surface area contributed by atoms with Crippen molar-refractivity contribution in [1.29, 1.82) is 0 Å². The molecular formula is C37H55BN2O4. The van der Waals surface area contributed by atoms with Gasteiger partial charge in [0.1, 0.15) is 0 Å². The average molecular weight is 603 g/mol. The van der Waals surface area contributed by atoms with E-state index in [1.165, 1.54) is 5.56 Å². The van der Waals surface area contributed by atoms with Crippen LogP contribution < -0.4 is 10.9 Å². The molecule has 1 unspecified atom stereocenters. The van der Waals surface area contributed by atoms with Crippen molar-refractivity contribution in [2.75, 3.05) is 0 Å². The molecule has 1 atom stereocenters. The van der Waals surface area contributed by atoms with Gasteiger partial charge in [0, 0.05) is 11.1 Å². The first kappa shape index (κ1) is 34.2. The molecule has 0 aromatic heterocycles. The quantitative estimate of drug-likeness (QED) is 0.258. The van der Waals surface area contributed by atoms with Crippen LogP contribution in [0.2, 0.25) is 0 Å². The molecule has 1 aliphatic heterocycles. The summed E-state index contributed by atoms with van der Waals surface area (Å²) < 4.78 is 12.5. The Balaban J connectivity index is 1.64. The number of rotatable bonds is 7. The number of benzene rings is 2. The Kier molecular flexibility index (Phi) is 9.30. The van der Waals surface area contributed by atoms with Gasteiger partial charge in [-0.3, -0.25) is 15.0 Å². The molecule has 2 aliphatic rings. The fourth-order valence-electron chi connectivity index (χ4n) is 6.63. The zero-order valence-electron chi connectivity index (χ0n) is 29.3. The topological polar surface area (TPSA) is 67.9 Å². The summed E-state index contributed by atoms with van der Waals surface area (Å²) >= 11 is 0. The van der Waals surface area contributed by atoms with Crippen LogP contribution in [0.4, 0.5) is 0 Å². The number of hydrogen-bond acceptors (Lipinski definition) is 4. The van der Waals surface area contributed by atoms with Crippen molar-refractivity contribution >= 4 is 24.4 Å². The Morgan fingerprint density at radius 3 is 1.98 bits per heavy atom. The van der Waals surface area contributed by atoms with Gasteiger partial charge in [0.15, 0.2) is 0 Å². The molecule has 7 heteroatoms. The van der Waals surface area contributed by atoms with E-state index in [-0.39, 0.29) is 34.1 Å². The lowest BCUT2D eigenvalue weighted by Gasteiger charge is -2.40. The van der Waals surface area contributed by atoms with E-state index in [0.29, 0.717) is 17.0 Å². The van der Waals surface area contributed by atoms with Crippen LogP contribution in [-0.4, -0.2) is 41.2 Å². The van der Waals surface area contributed by atoms with Gasteiger partial charge in [-0.1, -0.05) is 86.1 Å². The third-order valence-corrected chi connectivity index (χ3v) is 10.9. The molecule has 1 heterocycles. The minimum absolute atomic E-state index is 0.188. The molecule has 4 rings (SSSR count). The predicted octanol–water partition coefficient (Wildman–Crippen LogP) is 7.92. The summed E-state index contributed by atoms with van der Waals surface area (Å²) in [5.74, 6) is -0.132. The van der Waals surface area contributed by atoms with E-state index in [2.05, 4.69) is 66.9 Å². The van der Waals surface area contributed by atoms with Crippen molar-refractivity contribution in [3.8, 4) is 0 Å². The van der Waals surface area contributed by atoms with E-state index in [1.54, 1.807) is 17.1 Å². The molecule has 44 heavy (non-hydrogen) atoms. The second kappa shape index (κ2) is 11.9. The molecule has 6 nitrogen and oxygen atoms in total.